The largest absolute Gasteiger partial charge is 0.395 e. The van der Waals surface area contributed by atoms with Crippen LogP contribution in [0.3, 0.4) is 0 Å². The number of rotatable bonds is 3. The van der Waals surface area contributed by atoms with Gasteiger partial charge in [-0.15, -0.1) is 0 Å². The van der Waals surface area contributed by atoms with E-state index in [0.717, 1.165) is 11.1 Å². The molecule has 160 valence electrons. The lowest BCUT2D eigenvalue weighted by atomic mass is 9.51. The summed E-state index contributed by atoms with van der Waals surface area (Å²) in [5, 5.41) is 12.2. The molecular weight excluding hydrogens is 443 g/mol. The topological polar surface area (TPSA) is 66.6 Å². The molecule has 5 atom stereocenters. The predicted octanol–water partition coefficient (Wildman–Crippen LogP) is 4.83. The van der Waals surface area contributed by atoms with Crippen LogP contribution in [-0.4, -0.2) is 35.6 Å². The van der Waals surface area contributed by atoms with E-state index in [0.29, 0.717) is 27.9 Å². The maximum atomic E-state index is 13.3. The molecule has 1 aliphatic carbocycles. The van der Waals surface area contributed by atoms with Crippen molar-refractivity contribution in [2.75, 3.05) is 13.7 Å². The minimum absolute atomic E-state index is 0.0491. The summed E-state index contributed by atoms with van der Waals surface area (Å²) in [5.74, 6) is -0.513. The van der Waals surface area contributed by atoms with Gasteiger partial charge < -0.3 is 15.7 Å². The van der Waals surface area contributed by atoms with Crippen molar-refractivity contribution in [3.05, 3.63) is 68.7 Å². The average molecular weight is 468 g/mol. The fourth-order valence-corrected chi connectivity index (χ4v) is 6.56. The third kappa shape index (κ3) is 3.00. The molecule has 4 nitrogen and oxygen atoms in total. The second-order valence-electron chi connectivity index (χ2n) is 8.65. The molecule has 1 saturated heterocycles. The van der Waals surface area contributed by atoms with Crippen molar-refractivity contribution in [1.82, 2.24) is 4.90 Å². The third-order valence-electron chi connectivity index (χ3n) is 7.37. The summed E-state index contributed by atoms with van der Waals surface area (Å²) >= 11 is 18.9. The van der Waals surface area contributed by atoms with E-state index < -0.39 is 11.0 Å². The number of likely N-dealkylation sites (tertiary alicyclic amines) is 1. The highest BCUT2D eigenvalue weighted by Crippen LogP contribution is 2.61. The second kappa shape index (κ2) is 7.68. The van der Waals surface area contributed by atoms with Gasteiger partial charge in [0, 0.05) is 40.0 Å². The molecule has 30 heavy (non-hydrogen) atoms. The Bertz CT molecular complexity index is 983. The maximum Gasteiger partial charge on any atom is 0.231 e. The Morgan fingerprint density at radius 1 is 1.13 bits per heavy atom. The molecule has 2 aromatic carbocycles. The Kier molecular flexibility index (Phi) is 5.61. The molecule has 2 aromatic rings. The molecule has 7 heteroatoms. The second-order valence-corrected chi connectivity index (χ2v) is 9.93. The number of carbonyl (C=O) groups is 1. The monoisotopic (exact) mass is 466 g/mol. The fraction of sp³-hybridized carbons (Fsp3) is 0.435. The Hall–Kier alpha value is -1.30. The lowest BCUT2D eigenvalue weighted by Crippen LogP contribution is -2.61. The van der Waals surface area contributed by atoms with Crippen molar-refractivity contribution in [3.8, 4) is 0 Å². The molecule has 0 aromatic heterocycles. The number of aliphatic hydroxyl groups excluding tert-OH is 1. The summed E-state index contributed by atoms with van der Waals surface area (Å²) < 4.78 is 0. The van der Waals surface area contributed by atoms with Crippen LogP contribution in [0.25, 0.3) is 0 Å². The standard InChI is InChI=1S/C23H25Cl3N2O2/c1-13-20-22(12-29,21(30)28(13)2)10-9-18(17-8-7-16(25)11-19(17)26)23(20,27)14-3-5-15(24)6-4-14/h3-8,11,13,18,20,29H,9-10,12,27H2,1-2H3. The summed E-state index contributed by atoms with van der Waals surface area (Å²) in [5.41, 5.74) is 7.27. The quantitative estimate of drug-likeness (QED) is 0.679. The maximum absolute atomic E-state index is 13.3. The molecule has 4 rings (SSSR count). The Labute approximate surface area is 191 Å². The minimum Gasteiger partial charge on any atom is -0.395 e. The van der Waals surface area contributed by atoms with E-state index in [4.69, 9.17) is 40.5 Å². The summed E-state index contributed by atoms with van der Waals surface area (Å²) in [7, 11) is 1.79. The minimum atomic E-state index is -0.942. The summed E-state index contributed by atoms with van der Waals surface area (Å²) in [6, 6.07) is 12.8. The molecule has 0 bridgehead atoms. The Balaban J connectivity index is 1.97. The van der Waals surface area contributed by atoms with Gasteiger partial charge in [0.25, 0.3) is 0 Å². The molecule has 2 fully saturated rings. The van der Waals surface area contributed by atoms with Gasteiger partial charge in [0.2, 0.25) is 5.91 Å². The molecule has 0 radical (unpaired) electrons. The van der Waals surface area contributed by atoms with Crippen LogP contribution < -0.4 is 5.73 Å². The van der Waals surface area contributed by atoms with Crippen molar-refractivity contribution in [2.45, 2.75) is 37.3 Å². The summed E-state index contributed by atoms with van der Waals surface area (Å²) in [4.78, 5) is 15.0. The van der Waals surface area contributed by atoms with Crippen molar-refractivity contribution in [1.29, 1.82) is 0 Å². The SMILES string of the molecule is CC1C2C(CO)(CCC(c3ccc(Cl)cc3Cl)C2(N)c2ccc(Cl)cc2)C(=O)N1C. The van der Waals surface area contributed by atoms with E-state index in [1.807, 2.05) is 43.3 Å². The zero-order chi connectivity index (χ0) is 21.8. The number of hydrogen-bond acceptors (Lipinski definition) is 3. The number of fused-ring (bicyclic) bond motifs is 1. The summed E-state index contributed by atoms with van der Waals surface area (Å²) in [6.07, 6.45) is 1.15. The van der Waals surface area contributed by atoms with E-state index in [1.54, 1.807) is 18.0 Å². The summed E-state index contributed by atoms with van der Waals surface area (Å²) in [6.45, 7) is 1.77. The highest BCUT2D eigenvalue weighted by molar-refractivity contribution is 6.35. The van der Waals surface area contributed by atoms with Crippen LogP contribution in [0.1, 0.15) is 36.8 Å². The van der Waals surface area contributed by atoms with E-state index in [1.165, 1.54) is 0 Å². The van der Waals surface area contributed by atoms with Crippen LogP contribution >= 0.6 is 34.8 Å². The first kappa shape index (κ1) is 21.9. The number of nitrogens with two attached hydrogens (primary N) is 1. The molecule has 3 N–H and O–H groups in total. The lowest BCUT2D eigenvalue weighted by molar-refractivity contribution is -0.141. The lowest BCUT2D eigenvalue weighted by Gasteiger charge is -2.54. The molecule has 5 unspecified atom stereocenters. The zero-order valence-electron chi connectivity index (χ0n) is 16.9. The number of amides is 1. The fourth-order valence-electron chi connectivity index (χ4n) is 5.89. The molecule has 2 aliphatic rings. The third-order valence-corrected chi connectivity index (χ3v) is 8.18. The van der Waals surface area contributed by atoms with Gasteiger partial charge in [-0.1, -0.05) is 53.0 Å². The normalized spacial score (nSPS) is 33.6. The molecule has 1 saturated carbocycles. The van der Waals surface area contributed by atoms with E-state index in [2.05, 4.69) is 0 Å². The number of carbonyl (C=O) groups excluding carboxylic acids is 1. The molecule has 1 heterocycles. The zero-order valence-corrected chi connectivity index (χ0v) is 19.2. The van der Waals surface area contributed by atoms with Gasteiger partial charge in [-0.05, 0) is 55.2 Å². The van der Waals surface area contributed by atoms with Crippen molar-refractivity contribution >= 4 is 40.7 Å². The number of benzene rings is 2. The van der Waals surface area contributed by atoms with E-state index in [-0.39, 0.29) is 30.4 Å². The van der Waals surface area contributed by atoms with Gasteiger partial charge in [-0.3, -0.25) is 4.79 Å². The number of aliphatic hydroxyl groups is 1. The van der Waals surface area contributed by atoms with Crippen molar-refractivity contribution in [3.63, 3.8) is 0 Å². The molecule has 1 aliphatic heterocycles. The molecular formula is C23H25Cl3N2O2. The van der Waals surface area contributed by atoms with Gasteiger partial charge in [0.1, 0.15) is 0 Å². The van der Waals surface area contributed by atoms with Gasteiger partial charge in [0.15, 0.2) is 0 Å². The van der Waals surface area contributed by atoms with Crippen LogP contribution in [0.4, 0.5) is 0 Å². The Morgan fingerprint density at radius 3 is 2.37 bits per heavy atom. The van der Waals surface area contributed by atoms with Crippen molar-refractivity contribution < 1.29 is 9.90 Å². The highest BCUT2D eigenvalue weighted by atomic mass is 35.5. The first-order valence-electron chi connectivity index (χ1n) is 10.0. The van der Waals surface area contributed by atoms with Crippen LogP contribution in [-0.2, 0) is 10.3 Å². The Morgan fingerprint density at radius 2 is 1.77 bits per heavy atom. The number of halogens is 3. The molecule has 1 amide bonds. The number of nitrogens with zero attached hydrogens (tertiary/aromatic N) is 1. The van der Waals surface area contributed by atoms with Gasteiger partial charge >= 0.3 is 0 Å². The predicted molar refractivity (Wildman–Crippen MR) is 121 cm³/mol. The molecule has 0 spiro atoms. The van der Waals surface area contributed by atoms with Gasteiger partial charge in [-0.25, -0.2) is 0 Å². The van der Waals surface area contributed by atoms with Gasteiger partial charge in [0.05, 0.1) is 17.6 Å². The highest BCUT2D eigenvalue weighted by Gasteiger charge is 2.67. The first-order chi connectivity index (χ1) is 14.2. The number of hydrogen-bond donors (Lipinski definition) is 2. The van der Waals surface area contributed by atoms with Crippen LogP contribution in [0.5, 0.6) is 0 Å². The van der Waals surface area contributed by atoms with E-state index >= 15 is 0 Å². The first-order valence-corrected chi connectivity index (χ1v) is 11.2. The smallest absolute Gasteiger partial charge is 0.231 e. The average Bonchev–Trinajstić information content (AvgIpc) is 2.91. The van der Waals surface area contributed by atoms with Crippen LogP contribution in [0.15, 0.2) is 42.5 Å². The van der Waals surface area contributed by atoms with Crippen LogP contribution in [0.2, 0.25) is 15.1 Å². The van der Waals surface area contributed by atoms with Crippen molar-refractivity contribution in [2.24, 2.45) is 17.1 Å². The van der Waals surface area contributed by atoms with Crippen LogP contribution in [0, 0.1) is 11.3 Å². The van der Waals surface area contributed by atoms with Gasteiger partial charge in [-0.2, -0.15) is 0 Å². The van der Waals surface area contributed by atoms with E-state index in [9.17, 15) is 9.90 Å².